The summed E-state index contributed by atoms with van der Waals surface area (Å²) >= 11 is 0. The number of nitrogens with one attached hydrogen (secondary N) is 1. The molecule has 1 aromatic heterocycles. The fraction of sp³-hybridized carbons (Fsp3) is 0.583. The normalized spacial score (nSPS) is 10.7. The number of ether oxygens (including phenoxy) is 1. The minimum atomic E-state index is -0.270. The molecule has 1 amide bonds. The molecule has 0 fully saturated rings. The minimum Gasteiger partial charge on any atom is -0.396 e. The van der Waals surface area contributed by atoms with Crippen molar-refractivity contribution >= 4 is 11.6 Å². The molecule has 0 aliphatic heterocycles. The van der Waals surface area contributed by atoms with E-state index in [1.807, 2.05) is 13.8 Å². The van der Waals surface area contributed by atoms with Gasteiger partial charge < -0.3 is 15.8 Å². The maximum Gasteiger partial charge on any atom is 0.272 e. The first-order valence-corrected chi connectivity index (χ1v) is 5.95. The van der Waals surface area contributed by atoms with E-state index in [4.69, 9.17) is 10.5 Å². The first-order valence-electron chi connectivity index (χ1n) is 5.95. The lowest BCUT2D eigenvalue weighted by atomic mass is 10.2. The minimum absolute atomic E-state index is 0.158. The van der Waals surface area contributed by atoms with Gasteiger partial charge in [-0.2, -0.15) is 0 Å². The number of hydrogen-bond acceptors (Lipinski definition) is 5. The predicted molar refractivity (Wildman–Crippen MR) is 69.4 cm³/mol. The van der Waals surface area contributed by atoms with Gasteiger partial charge in [0.1, 0.15) is 5.82 Å². The highest BCUT2D eigenvalue weighted by atomic mass is 16.5. The first kappa shape index (κ1) is 14.4. The van der Waals surface area contributed by atoms with Gasteiger partial charge in [-0.1, -0.05) is 13.8 Å². The van der Waals surface area contributed by atoms with Crippen molar-refractivity contribution in [1.82, 2.24) is 15.3 Å². The Hall–Kier alpha value is -1.69. The molecular formula is C12H20N4O2. The second kappa shape index (κ2) is 6.90. The molecule has 6 nitrogen and oxygen atoms in total. The van der Waals surface area contributed by atoms with E-state index in [2.05, 4.69) is 15.3 Å². The van der Waals surface area contributed by atoms with E-state index >= 15 is 0 Å². The lowest BCUT2D eigenvalue weighted by Gasteiger charge is -2.09. The van der Waals surface area contributed by atoms with Crippen molar-refractivity contribution in [3.8, 4) is 0 Å². The highest BCUT2D eigenvalue weighted by Crippen LogP contribution is 2.13. The Morgan fingerprint density at radius 3 is 2.89 bits per heavy atom. The number of aromatic nitrogens is 2. The van der Waals surface area contributed by atoms with Crippen LogP contribution in [0.2, 0.25) is 0 Å². The highest BCUT2D eigenvalue weighted by Gasteiger charge is 2.14. The van der Waals surface area contributed by atoms with Crippen molar-refractivity contribution in [2.24, 2.45) is 0 Å². The van der Waals surface area contributed by atoms with E-state index in [-0.39, 0.29) is 17.5 Å². The molecule has 0 bridgehead atoms. The van der Waals surface area contributed by atoms with E-state index in [9.17, 15) is 4.79 Å². The molecular weight excluding hydrogens is 232 g/mol. The zero-order valence-corrected chi connectivity index (χ0v) is 11.1. The number of nitrogen functional groups attached to an aromatic ring is 1. The van der Waals surface area contributed by atoms with Gasteiger partial charge in [-0.3, -0.25) is 4.79 Å². The van der Waals surface area contributed by atoms with Crippen LogP contribution < -0.4 is 11.1 Å². The van der Waals surface area contributed by atoms with E-state index in [0.717, 1.165) is 6.42 Å². The van der Waals surface area contributed by atoms with Crippen LogP contribution in [0.1, 0.15) is 42.5 Å². The third-order valence-electron chi connectivity index (χ3n) is 2.38. The summed E-state index contributed by atoms with van der Waals surface area (Å²) in [6.07, 6.45) is 2.23. The average molecular weight is 252 g/mol. The van der Waals surface area contributed by atoms with Gasteiger partial charge in [0.25, 0.3) is 5.91 Å². The number of nitrogens with zero attached hydrogens (tertiary/aromatic N) is 2. The Bertz CT molecular complexity index is 407. The van der Waals surface area contributed by atoms with Crippen LogP contribution in [0, 0.1) is 0 Å². The summed E-state index contributed by atoms with van der Waals surface area (Å²) < 4.78 is 4.90. The zero-order valence-electron chi connectivity index (χ0n) is 11.1. The molecule has 18 heavy (non-hydrogen) atoms. The second-order valence-electron chi connectivity index (χ2n) is 4.29. The van der Waals surface area contributed by atoms with Crippen LogP contribution in [-0.2, 0) is 4.74 Å². The van der Waals surface area contributed by atoms with Crippen molar-refractivity contribution in [3.05, 3.63) is 17.7 Å². The quantitative estimate of drug-likeness (QED) is 0.736. The van der Waals surface area contributed by atoms with Crippen LogP contribution in [0.25, 0.3) is 0 Å². The van der Waals surface area contributed by atoms with E-state index in [1.54, 1.807) is 7.11 Å². The molecule has 3 N–H and O–H groups in total. The molecule has 100 valence electrons. The maximum atomic E-state index is 11.9. The van der Waals surface area contributed by atoms with Crippen molar-refractivity contribution in [2.75, 3.05) is 26.0 Å². The molecule has 0 aliphatic carbocycles. The van der Waals surface area contributed by atoms with Crippen LogP contribution in [0.15, 0.2) is 6.20 Å². The number of hydrogen-bond donors (Lipinski definition) is 2. The fourth-order valence-corrected chi connectivity index (χ4v) is 1.37. The second-order valence-corrected chi connectivity index (χ2v) is 4.29. The summed E-state index contributed by atoms with van der Waals surface area (Å²) in [5, 5.41) is 2.75. The van der Waals surface area contributed by atoms with Crippen LogP contribution in [0.5, 0.6) is 0 Å². The third kappa shape index (κ3) is 3.96. The van der Waals surface area contributed by atoms with Gasteiger partial charge in [-0.05, 0) is 6.42 Å². The summed E-state index contributed by atoms with van der Waals surface area (Å²) in [5.41, 5.74) is 6.25. The fourth-order valence-electron chi connectivity index (χ4n) is 1.37. The molecule has 0 aromatic carbocycles. The van der Waals surface area contributed by atoms with Crippen molar-refractivity contribution in [1.29, 1.82) is 0 Å². The van der Waals surface area contributed by atoms with Crippen LogP contribution in [-0.4, -0.2) is 36.1 Å². The molecule has 6 heteroatoms. The molecule has 1 aromatic rings. The molecule has 0 spiro atoms. The van der Waals surface area contributed by atoms with Gasteiger partial charge in [-0.25, -0.2) is 9.97 Å². The number of amides is 1. The Morgan fingerprint density at radius 1 is 1.56 bits per heavy atom. The molecule has 0 atom stereocenters. The molecule has 0 radical (unpaired) electrons. The maximum absolute atomic E-state index is 11.9. The van der Waals surface area contributed by atoms with Crippen LogP contribution in [0.4, 0.5) is 5.69 Å². The topological polar surface area (TPSA) is 90.1 Å². The van der Waals surface area contributed by atoms with Gasteiger partial charge in [0.05, 0.1) is 11.9 Å². The van der Waals surface area contributed by atoms with Gasteiger partial charge in [0.15, 0.2) is 5.69 Å². The predicted octanol–water partition coefficient (Wildman–Crippen LogP) is 0.948. The number of nitrogens with two attached hydrogens (primary N) is 1. The number of carbonyl (C=O) groups excluding carboxylic acids is 1. The molecule has 0 saturated carbocycles. The first-order chi connectivity index (χ1) is 8.56. The molecule has 1 heterocycles. The number of carbonyl (C=O) groups is 1. The lowest BCUT2D eigenvalue weighted by molar-refractivity contribution is 0.0944. The SMILES string of the molecule is COCCCNC(=O)c1nc(C(C)C)ncc1N. The van der Waals surface area contributed by atoms with Crippen molar-refractivity contribution < 1.29 is 9.53 Å². The van der Waals surface area contributed by atoms with E-state index in [1.165, 1.54) is 6.20 Å². The summed E-state index contributed by atoms with van der Waals surface area (Å²) in [5.74, 6) is 0.504. The monoisotopic (exact) mass is 252 g/mol. The Balaban J connectivity index is 2.69. The largest absolute Gasteiger partial charge is 0.396 e. The van der Waals surface area contributed by atoms with E-state index < -0.39 is 0 Å². The van der Waals surface area contributed by atoms with Crippen LogP contribution in [0.3, 0.4) is 0 Å². The van der Waals surface area contributed by atoms with Gasteiger partial charge >= 0.3 is 0 Å². The summed E-state index contributed by atoms with van der Waals surface area (Å²) in [6, 6.07) is 0. The van der Waals surface area contributed by atoms with E-state index in [0.29, 0.717) is 24.7 Å². The zero-order chi connectivity index (χ0) is 13.5. The summed E-state index contributed by atoms with van der Waals surface area (Å²) in [4.78, 5) is 20.2. The Kier molecular flexibility index (Phi) is 5.51. The Morgan fingerprint density at radius 2 is 2.28 bits per heavy atom. The Labute approximate surface area is 107 Å². The van der Waals surface area contributed by atoms with Gasteiger partial charge in [-0.15, -0.1) is 0 Å². The van der Waals surface area contributed by atoms with Crippen molar-refractivity contribution in [3.63, 3.8) is 0 Å². The lowest BCUT2D eigenvalue weighted by Crippen LogP contribution is -2.27. The smallest absolute Gasteiger partial charge is 0.272 e. The average Bonchev–Trinajstić information content (AvgIpc) is 2.34. The highest BCUT2D eigenvalue weighted by molar-refractivity contribution is 5.96. The number of methoxy groups -OCH3 is 1. The van der Waals surface area contributed by atoms with Gasteiger partial charge in [0, 0.05) is 26.2 Å². The molecule has 0 aliphatic rings. The van der Waals surface area contributed by atoms with Crippen molar-refractivity contribution in [2.45, 2.75) is 26.2 Å². The third-order valence-corrected chi connectivity index (χ3v) is 2.38. The van der Waals surface area contributed by atoms with Crippen LogP contribution >= 0.6 is 0 Å². The molecule has 1 rings (SSSR count). The summed E-state index contributed by atoms with van der Waals surface area (Å²) in [7, 11) is 1.62. The summed E-state index contributed by atoms with van der Waals surface area (Å²) in [6.45, 7) is 5.07. The number of anilines is 1. The standard InChI is InChI=1S/C12H20N4O2/c1-8(2)11-15-7-9(13)10(16-11)12(17)14-5-4-6-18-3/h7-8H,4-6,13H2,1-3H3,(H,14,17). The molecule has 0 saturated heterocycles. The van der Waals surface area contributed by atoms with Gasteiger partial charge in [0.2, 0.25) is 0 Å². The number of rotatable bonds is 6. The molecule has 0 unspecified atom stereocenters.